The standard InChI is InChI=1S/C17H19N5O.C8H19N.C2H6/c1-3-4-5-12(8-9-23-2)16-14-10-13(17(19)20-11-18)6-7-15(14)21-22-16;1-3-4-5-6-7-8-9-2;1-2/h3-11H,1-2H3,(H,21,22)(H3,18,19,20);9H,3-8H2,1-2H3;1-2H3/b4-3-,9-8+,12-5+;;. The molecule has 0 amide bonds. The molecule has 0 aliphatic carbocycles. The lowest BCUT2D eigenvalue weighted by Gasteiger charge is -2.02. The average Bonchev–Trinajstić information content (AvgIpc) is 3.29. The predicted octanol–water partition coefficient (Wildman–Crippen LogP) is 6.20. The van der Waals surface area contributed by atoms with Gasteiger partial charge in [-0.15, -0.1) is 0 Å². The molecular formula is C27H44N6O. The summed E-state index contributed by atoms with van der Waals surface area (Å²) in [4.78, 5) is 3.81. The highest BCUT2D eigenvalue weighted by atomic mass is 16.5. The molecule has 188 valence electrons. The number of aromatic amines is 1. The van der Waals surface area contributed by atoms with Gasteiger partial charge in [0, 0.05) is 16.5 Å². The summed E-state index contributed by atoms with van der Waals surface area (Å²) in [6, 6.07) is 5.63. The van der Waals surface area contributed by atoms with E-state index >= 15 is 0 Å². The van der Waals surface area contributed by atoms with Gasteiger partial charge >= 0.3 is 0 Å². The van der Waals surface area contributed by atoms with Crippen LogP contribution < -0.4 is 11.1 Å². The van der Waals surface area contributed by atoms with Crippen molar-refractivity contribution < 1.29 is 4.74 Å². The molecule has 0 spiro atoms. The van der Waals surface area contributed by atoms with E-state index in [4.69, 9.17) is 15.9 Å². The number of methoxy groups -OCH3 is 1. The maximum absolute atomic E-state index is 7.03. The molecule has 0 fully saturated rings. The Morgan fingerprint density at radius 3 is 2.59 bits per heavy atom. The van der Waals surface area contributed by atoms with Gasteiger partial charge in [0.1, 0.15) is 17.9 Å². The van der Waals surface area contributed by atoms with Crippen molar-refractivity contribution in [2.45, 2.75) is 59.8 Å². The lowest BCUT2D eigenvalue weighted by Crippen LogP contribution is -2.13. The molecule has 0 aliphatic heterocycles. The molecule has 0 saturated heterocycles. The zero-order chi connectivity index (χ0) is 25.6. The van der Waals surface area contributed by atoms with Gasteiger partial charge in [0.15, 0.2) is 0 Å². The third kappa shape index (κ3) is 11.6. The first-order valence-electron chi connectivity index (χ1n) is 12.1. The lowest BCUT2D eigenvalue weighted by molar-refractivity contribution is 0.338. The van der Waals surface area contributed by atoms with Crippen molar-refractivity contribution in [1.82, 2.24) is 15.5 Å². The third-order valence-corrected chi connectivity index (χ3v) is 4.72. The van der Waals surface area contributed by atoms with E-state index in [-0.39, 0.29) is 0 Å². The largest absolute Gasteiger partial charge is 0.504 e. The number of nitrogens with two attached hydrogens (primary N) is 1. The van der Waals surface area contributed by atoms with Gasteiger partial charge in [-0.25, -0.2) is 4.99 Å². The first-order chi connectivity index (χ1) is 16.6. The number of benzene rings is 1. The maximum Gasteiger partial charge on any atom is 0.132 e. The molecule has 0 aliphatic rings. The van der Waals surface area contributed by atoms with Gasteiger partial charge in [0.2, 0.25) is 0 Å². The Kier molecular flexibility index (Phi) is 18.5. The first kappa shape index (κ1) is 30.8. The van der Waals surface area contributed by atoms with Crippen LogP contribution in [0.1, 0.15) is 71.1 Å². The number of aromatic nitrogens is 2. The second kappa shape index (κ2) is 20.4. The molecule has 1 heterocycles. The zero-order valence-electron chi connectivity index (χ0n) is 21.8. The number of H-pyrrole nitrogens is 1. The van der Waals surface area contributed by atoms with Crippen molar-refractivity contribution in [3.8, 4) is 0 Å². The minimum absolute atomic E-state index is 0.292. The van der Waals surface area contributed by atoms with Crippen molar-refractivity contribution in [3.63, 3.8) is 0 Å². The van der Waals surface area contributed by atoms with Gasteiger partial charge in [-0.05, 0) is 51.2 Å². The minimum atomic E-state index is 0.292. The smallest absolute Gasteiger partial charge is 0.132 e. The SMILES string of the molecule is CC.CCCCCCCNC.C\C=C/C=C(\C=C\OC)c1n[nH]c2ccc(C(N)=NC=N)cc12. The third-order valence-electron chi connectivity index (χ3n) is 4.72. The van der Waals surface area contributed by atoms with Crippen molar-refractivity contribution in [2.24, 2.45) is 10.7 Å². The number of ether oxygens (including phenoxy) is 1. The van der Waals surface area contributed by atoms with Crippen molar-refractivity contribution in [1.29, 1.82) is 5.41 Å². The number of fused-ring (bicyclic) bond motifs is 1. The molecule has 34 heavy (non-hydrogen) atoms. The Bertz CT molecular complexity index is 918. The molecule has 0 saturated carbocycles. The van der Waals surface area contributed by atoms with Crippen LogP contribution in [0.15, 0.2) is 53.8 Å². The summed E-state index contributed by atoms with van der Waals surface area (Å²) >= 11 is 0. The fourth-order valence-electron chi connectivity index (χ4n) is 3.00. The van der Waals surface area contributed by atoms with E-state index in [1.807, 2.05) is 70.3 Å². The monoisotopic (exact) mass is 468 g/mol. The van der Waals surface area contributed by atoms with Crippen LogP contribution in [0.3, 0.4) is 0 Å². The molecular weight excluding hydrogens is 424 g/mol. The van der Waals surface area contributed by atoms with Crippen LogP contribution in [0.5, 0.6) is 0 Å². The molecule has 0 atom stereocenters. The topological polar surface area (TPSA) is 112 Å². The molecule has 0 bridgehead atoms. The molecule has 2 aromatic rings. The van der Waals surface area contributed by atoms with Gasteiger partial charge in [0.05, 0.1) is 18.9 Å². The number of hydrogen-bond acceptors (Lipinski definition) is 4. The number of unbranched alkanes of at least 4 members (excludes halogenated alkanes) is 4. The number of amidine groups is 1. The second-order valence-corrected chi connectivity index (χ2v) is 7.18. The Labute approximate surface area is 205 Å². The van der Waals surface area contributed by atoms with Gasteiger partial charge in [-0.3, -0.25) is 10.5 Å². The molecule has 0 radical (unpaired) electrons. The highest BCUT2D eigenvalue weighted by molar-refractivity contribution is 6.04. The second-order valence-electron chi connectivity index (χ2n) is 7.18. The summed E-state index contributed by atoms with van der Waals surface area (Å²) in [5.74, 6) is 0.292. The van der Waals surface area contributed by atoms with Crippen LogP contribution in [0.25, 0.3) is 16.5 Å². The van der Waals surface area contributed by atoms with Crippen LogP contribution in [-0.4, -0.2) is 43.1 Å². The van der Waals surface area contributed by atoms with E-state index in [2.05, 4.69) is 27.4 Å². The maximum atomic E-state index is 7.03. The Balaban J connectivity index is 0.000000836. The fraction of sp³-hybridized carbons (Fsp3) is 0.444. The van der Waals surface area contributed by atoms with Gasteiger partial charge in [-0.2, -0.15) is 5.10 Å². The average molecular weight is 469 g/mol. The number of nitrogens with one attached hydrogen (secondary N) is 3. The number of hydrogen-bond donors (Lipinski definition) is 4. The summed E-state index contributed by atoms with van der Waals surface area (Å²) < 4.78 is 5.01. The lowest BCUT2D eigenvalue weighted by atomic mass is 10.0. The van der Waals surface area contributed by atoms with Crippen molar-refractivity contribution in [2.75, 3.05) is 20.7 Å². The van der Waals surface area contributed by atoms with E-state index in [1.54, 1.807) is 13.4 Å². The van der Waals surface area contributed by atoms with E-state index in [1.165, 1.54) is 38.6 Å². The number of nitrogens with zero attached hydrogens (tertiary/aromatic N) is 2. The van der Waals surface area contributed by atoms with Crippen molar-refractivity contribution in [3.05, 3.63) is 60.0 Å². The summed E-state index contributed by atoms with van der Waals surface area (Å²) in [7, 11) is 3.61. The van der Waals surface area contributed by atoms with Crippen LogP contribution in [0.4, 0.5) is 0 Å². The number of allylic oxidation sites excluding steroid dienone is 5. The van der Waals surface area contributed by atoms with Crippen LogP contribution in [0, 0.1) is 5.41 Å². The van der Waals surface area contributed by atoms with Crippen LogP contribution in [-0.2, 0) is 4.74 Å². The first-order valence-corrected chi connectivity index (χ1v) is 12.1. The van der Waals surface area contributed by atoms with Gasteiger partial charge in [-0.1, -0.05) is 64.7 Å². The van der Waals surface area contributed by atoms with E-state index in [0.29, 0.717) is 5.84 Å². The summed E-state index contributed by atoms with van der Waals surface area (Å²) in [5, 5.41) is 18.5. The minimum Gasteiger partial charge on any atom is -0.504 e. The zero-order valence-corrected chi connectivity index (χ0v) is 21.8. The highest BCUT2D eigenvalue weighted by Gasteiger charge is 2.10. The van der Waals surface area contributed by atoms with Gasteiger partial charge in [0.25, 0.3) is 0 Å². The van der Waals surface area contributed by atoms with E-state index < -0.39 is 0 Å². The highest BCUT2D eigenvalue weighted by Crippen LogP contribution is 2.25. The number of aliphatic imine (C=N–C) groups is 1. The summed E-state index contributed by atoms with van der Waals surface area (Å²) in [6.07, 6.45) is 17.1. The molecule has 1 aromatic heterocycles. The Morgan fingerprint density at radius 2 is 1.97 bits per heavy atom. The molecule has 7 heteroatoms. The molecule has 2 rings (SSSR count). The Hall–Kier alpha value is -3.19. The fourth-order valence-corrected chi connectivity index (χ4v) is 3.00. The van der Waals surface area contributed by atoms with E-state index in [0.717, 1.165) is 34.1 Å². The quantitative estimate of drug-likeness (QED) is 0.0977. The number of rotatable bonds is 12. The molecule has 7 nitrogen and oxygen atoms in total. The predicted molar refractivity (Wildman–Crippen MR) is 149 cm³/mol. The van der Waals surface area contributed by atoms with Crippen LogP contribution in [0.2, 0.25) is 0 Å². The molecule has 5 N–H and O–H groups in total. The van der Waals surface area contributed by atoms with Crippen molar-refractivity contribution >= 4 is 28.7 Å². The van der Waals surface area contributed by atoms with E-state index in [9.17, 15) is 0 Å². The Morgan fingerprint density at radius 1 is 1.24 bits per heavy atom. The summed E-state index contributed by atoms with van der Waals surface area (Å²) in [6.45, 7) is 9.38. The summed E-state index contributed by atoms with van der Waals surface area (Å²) in [5.41, 5.74) is 9.18. The molecule has 1 aromatic carbocycles. The normalized spacial score (nSPS) is 11.8. The molecule has 0 unspecified atom stereocenters. The van der Waals surface area contributed by atoms with Crippen LogP contribution >= 0.6 is 0 Å². The van der Waals surface area contributed by atoms with Gasteiger partial charge < -0.3 is 15.8 Å².